The maximum atomic E-state index is 11.8. The molecule has 102 valence electrons. The molecule has 1 N–H and O–H groups in total. The number of carbonyl (C=O) groups is 2. The first-order chi connectivity index (χ1) is 8.61. The largest absolute Gasteiger partial charge is 0.478 e. The van der Waals surface area contributed by atoms with Crippen LogP contribution in [0.4, 0.5) is 5.69 Å². The van der Waals surface area contributed by atoms with E-state index in [1.807, 2.05) is 0 Å². The fourth-order valence-corrected chi connectivity index (χ4v) is 1.32. The van der Waals surface area contributed by atoms with Crippen LogP contribution in [0, 0.1) is 10.1 Å². The molecule has 19 heavy (non-hydrogen) atoms. The molecule has 0 saturated heterocycles. The number of nitro groups is 1. The smallest absolute Gasteiger partial charge is 0.345 e. The molecule has 1 aromatic carbocycles. The van der Waals surface area contributed by atoms with Gasteiger partial charge in [0.2, 0.25) is 0 Å². The first-order valence-electron chi connectivity index (χ1n) is 5.37. The van der Waals surface area contributed by atoms with Gasteiger partial charge in [-0.25, -0.2) is 9.59 Å². The highest BCUT2D eigenvalue weighted by Gasteiger charge is 2.26. The van der Waals surface area contributed by atoms with Gasteiger partial charge in [-0.2, -0.15) is 0 Å². The van der Waals surface area contributed by atoms with Crippen LogP contribution in [-0.4, -0.2) is 27.6 Å². The molecule has 0 atom stereocenters. The van der Waals surface area contributed by atoms with E-state index >= 15 is 0 Å². The van der Waals surface area contributed by atoms with Crippen LogP contribution in [-0.2, 0) is 4.74 Å². The predicted octanol–water partition coefficient (Wildman–Crippen LogP) is 2.25. The Morgan fingerprint density at radius 3 is 2.32 bits per heavy atom. The minimum atomic E-state index is -1.31. The molecule has 0 spiro atoms. The Bertz CT molecular complexity index is 544. The van der Waals surface area contributed by atoms with Crippen LogP contribution < -0.4 is 0 Å². The average Bonchev–Trinajstić information content (AvgIpc) is 2.25. The summed E-state index contributed by atoms with van der Waals surface area (Å²) in [5.74, 6) is -2.17. The van der Waals surface area contributed by atoms with E-state index in [2.05, 4.69) is 0 Å². The molecule has 1 rings (SSSR count). The average molecular weight is 267 g/mol. The number of hydrogen-bond donors (Lipinski definition) is 1. The number of aromatic carboxylic acids is 1. The summed E-state index contributed by atoms with van der Waals surface area (Å²) >= 11 is 0. The normalized spacial score (nSPS) is 10.9. The summed E-state index contributed by atoms with van der Waals surface area (Å²) < 4.78 is 5.02. The van der Waals surface area contributed by atoms with E-state index in [1.54, 1.807) is 20.8 Å². The molecule has 0 aliphatic carbocycles. The maximum Gasteiger partial charge on any atom is 0.345 e. The van der Waals surface area contributed by atoms with E-state index in [0.29, 0.717) is 0 Å². The Kier molecular flexibility index (Phi) is 3.89. The predicted molar refractivity (Wildman–Crippen MR) is 65.2 cm³/mol. The van der Waals surface area contributed by atoms with Gasteiger partial charge in [-0.15, -0.1) is 0 Å². The first-order valence-corrected chi connectivity index (χ1v) is 5.37. The van der Waals surface area contributed by atoms with Gasteiger partial charge in [-0.3, -0.25) is 10.1 Å². The van der Waals surface area contributed by atoms with Crippen molar-refractivity contribution < 1.29 is 24.4 Å². The van der Waals surface area contributed by atoms with Crippen LogP contribution in [0.1, 0.15) is 41.5 Å². The molecule has 1 aromatic rings. The zero-order valence-corrected chi connectivity index (χ0v) is 10.7. The number of carbonyl (C=O) groups excluding carboxylic acids is 1. The van der Waals surface area contributed by atoms with E-state index in [-0.39, 0.29) is 11.1 Å². The Balaban J connectivity index is 3.24. The minimum absolute atomic E-state index is 0.265. The maximum absolute atomic E-state index is 11.8. The second-order valence-corrected chi connectivity index (χ2v) is 4.80. The zero-order valence-electron chi connectivity index (χ0n) is 10.7. The van der Waals surface area contributed by atoms with E-state index in [9.17, 15) is 19.7 Å². The van der Waals surface area contributed by atoms with Crippen LogP contribution in [0.3, 0.4) is 0 Å². The highest BCUT2D eigenvalue weighted by molar-refractivity contribution is 5.97. The number of esters is 1. The van der Waals surface area contributed by atoms with Crippen molar-refractivity contribution in [3.8, 4) is 0 Å². The summed E-state index contributed by atoms with van der Waals surface area (Å²) in [6.07, 6.45) is 0. The molecule has 0 aliphatic rings. The zero-order chi connectivity index (χ0) is 14.8. The molecule has 0 aliphatic heterocycles. The fraction of sp³-hybridized carbons (Fsp3) is 0.333. The number of benzene rings is 1. The van der Waals surface area contributed by atoms with Gasteiger partial charge in [0, 0.05) is 6.07 Å². The minimum Gasteiger partial charge on any atom is -0.478 e. The Labute approximate surface area is 109 Å². The summed E-state index contributed by atoms with van der Waals surface area (Å²) in [6.45, 7) is 4.88. The van der Waals surface area contributed by atoms with Crippen molar-refractivity contribution in [3.05, 3.63) is 39.4 Å². The van der Waals surface area contributed by atoms with Gasteiger partial charge < -0.3 is 9.84 Å². The second kappa shape index (κ2) is 5.05. The lowest BCUT2D eigenvalue weighted by atomic mass is 10.1. The lowest BCUT2D eigenvalue weighted by molar-refractivity contribution is -0.385. The monoisotopic (exact) mass is 267 g/mol. The quantitative estimate of drug-likeness (QED) is 0.511. The number of carboxylic acids is 1. The van der Waals surface area contributed by atoms with Crippen LogP contribution in [0.2, 0.25) is 0 Å². The molecule has 0 amide bonds. The number of hydrogen-bond acceptors (Lipinski definition) is 5. The Hall–Kier alpha value is -2.44. The van der Waals surface area contributed by atoms with Gasteiger partial charge in [-0.1, -0.05) is 0 Å². The van der Waals surface area contributed by atoms with Gasteiger partial charge in [-0.05, 0) is 32.9 Å². The van der Waals surface area contributed by atoms with Crippen molar-refractivity contribution in [1.29, 1.82) is 0 Å². The lowest BCUT2D eigenvalue weighted by Crippen LogP contribution is -2.24. The number of nitro benzene ring substituents is 1. The summed E-state index contributed by atoms with van der Waals surface area (Å²) in [5.41, 5.74) is -1.92. The molecule has 7 nitrogen and oxygen atoms in total. The van der Waals surface area contributed by atoms with E-state index in [0.717, 1.165) is 18.2 Å². The van der Waals surface area contributed by atoms with Crippen molar-refractivity contribution in [1.82, 2.24) is 0 Å². The molecular weight excluding hydrogens is 254 g/mol. The lowest BCUT2D eigenvalue weighted by Gasteiger charge is -2.19. The highest BCUT2D eigenvalue weighted by Crippen LogP contribution is 2.23. The van der Waals surface area contributed by atoms with Gasteiger partial charge in [0.25, 0.3) is 5.69 Å². The van der Waals surface area contributed by atoms with Crippen molar-refractivity contribution in [2.45, 2.75) is 26.4 Å². The van der Waals surface area contributed by atoms with Crippen molar-refractivity contribution in [3.63, 3.8) is 0 Å². The fourth-order valence-electron chi connectivity index (χ4n) is 1.32. The number of carboxylic acid groups (broad SMARTS) is 1. The molecular formula is C12H13NO6. The molecule has 0 bridgehead atoms. The molecule has 0 unspecified atom stereocenters. The molecule has 0 fully saturated rings. The second-order valence-electron chi connectivity index (χ2n) is 4.80. The van der Waals surface area contributed by atoms with Crippen molar-refractivity contribution >= 4 is 17.6 Å². The molecule has 7 heteroatoms. The molecule has 0 heterocycles. The van der Waals surface area contributed by atoms with E-state index in [4.69, 9.17) is 9.84 Å². The van der Waals surface area contributed by atoms with Gasteiger partial charge in [0.05, 0.1) is 10.5 Å². The van der Waals surface area contributed by atoms with Crippen molar-refractivity contribution in [2.75, 3.05) is 0 Å². The van der Waals surface area contributed by atoms with Crippen LogP contribution in [0.5, 0.6) is 0 Å². The van der Waals surface area contributed by atoms with Gasteiger partial charge in [0.1, 0.15) is 11.2 Å². The van der Waals surface area contributed by atoms with Gasteiger partial charge >= 0.3 is 11.9 Å². The molecule has 0 aromatic heterocycles. The molecule has 0 saturated carbocycles. The van der Waals surface area contributed by atoms with Crippen LogP contribution >= 0.6 is 0 Å². The Morgan fingerprint density at radius 1 is 1.32 bits per heavy atom. The number of ether oxygens (including phenoxy) is 1. The summed E-state index contributed by atoms with van der Waals surface area (Å²) in [7, 11) is 0. The third-order valence-corrected chi connectivity index (χ3v) is 2.06. The highest BCUT2D eigenvalue weighted by atomic mass is 16.6. The third-order valence-electron chi connectivity index (χ3n) is 2.06. The topological polar surface area (TPSA) is 107 Å². The first kappa shape index (κ1) is 14.6. The van der Waals surface area contributed by atoms with Crippen LogP contribution in [0.15, 0.2) is 18.2 Å². The summed E-state index contributed by atoms with van der Waals surface area (Å²) in [6, 6.07) is 3.03. The summed E-state index contributed by atoms with van der Waals surface area (Å²) in [4.78, 5) is 32.6. The van der Waals surface area contributed by atoms with Gasteiger partial charge in [0.15, 0.2) is 0 Å². The SMILES string of the molecule is CC(C)(C)OC(=O)c1ccc(C(=O)O)cc1[N+](=O)[O-]. The number of rotatable bonds is 3. The van der Waals surface area contributed by atoms with E-state index in [1.165, 1.54) is 0 Å². The van der Waals surface area contributed by atoms with Crippen molar-refractivity contribution in [2.24, 2.45) is 0 Å². The van der Waals surface area contributed by atoms with E-state index < -0.39 is 28.2 Å². The number of nitrogens with zero attached hydrogens (tertiary/aromatic N) is 1. The standard InChI is InChI=1S/C12H13NO6/c1-12(2,3)19-11(16)8-5-4-7(10(14)15)6-9(8)13(17)18/h4-6H,1-3H3,(H,14,15). The summed E-state index contributed by atoms with van der Waals surface area (Å²) in [5, 5.41) is 19.6. The molecule has 0 radical (unpaired) electrons. The Morgan fingerprint density at radius 2 is 1.89 bits per heavy atom. The third kappa shape index (κ3) is 3.77. The van der Waals surface area contributed by atoms with Crippen LogP contribution in [0.25, 0.3) is 0 Å².